The van der Waals surface area contributed by atoms with Crippen LogP contribution in [0.3, 0.4) is 0 Å². The first-order valence-corrected chi connectivity index (χ1v) is 40.0. The average molecular weight is 1650 g/mol. The van der Waals surface area contributed by atoms with E-state index >= 15 is 14.4 Å². The van der Waals surface area contributed by atoms with Crippen molar-refractivity contribution in [3.8, 4) is 5.75 Å². The van der Waals surface area contributed by atoms with Crippen LogP contribution in [0.5, 0.6) is 5.75 Å². The minimum Gasteiger partial charge on any atom is -0.508 e. The molecule has 0 radical (unpaired) electrons. The van der Waals surface area contributed by atoms with Gasteiger partial charge >= 0.3 is 5.97 Å². The predicted molar refractivity (Wildman–Crippen MR) is 427 cm³/mol. The summed E-state index contributed by atoms with van der Waals surface area (Å²) in [5, 5.41) is 86.0. The van der Waals surface area contributed by atoms with Crippen LogP contribution in [-0.2, 0) is 97.6 Å². The fourth-order valence-electron chi connectivity index (χ4n) is 12.0. The van der Waals surface area contributed by atoms with Crippen molar-refractivity contribution in [1.82, 2.24) is 74.1 Å². The number of carbonyl (C=O) groups is 15. The number of phenols is 1. The van der Waals surface area contributed by atoms with Gasteiger partial charge in [0.15, 0.2) is 0 Å². The zero-order valence-electron chi connectivity index (χ0n) is 64.1. The topological polar surface area (TPSA) is 633 Å². The number of rotatable bonds is 26. The number of aliphatic hydroxyl groups is 3. The van der Waals surface area contributed by atoms with Crippen molar-refractivity contribution < 1.29 is 97.5 Å². The van der Waals surface area contributed by atoms with Gasteiger partial charge in [-0.25, -0.2) is 4.79 Å². The predicted octanol–water partition coefficient (Wildman–Crippen LogP) is -5.21. The number of amides is 14. The third-order valence-corrected chi connectivity index (χ3v) is 20.8. The van der Waals surface area contributed by atoms with Crippen LogP contribution in [0.2, 0.25) is 0 Å². The van der Waals surface area contributed by atoms with Crippen molar-refractivity contribution in [2.24, 2.45) is 22.9 Å². The normalized spacial score (nSPS) is 23.6. The molecule has 15 atom stereocenters. The number of nitrogens with two attached hydrogens (primary N) is 4. The summed E-state index contributed by atoms with van der Waals surface area (Å²) in [7, 11) is 1.47. The third-order valence-electron chi connectivity index (χ3n) is 18.4. The molecule has 116 heavy (non-hydrogen) atoms. The van der Waals surface area contributed by atoms with Gasteiger partial charge in [-0.1, -0.05) is 113 Å². The number of hydrogen-bond acceptors (Lipinski definition) is 24. The Labute approximate surface area is 675 Å². The quantitative estimate of drug-likeness (QED) is 0.0182. The van der Waals surface area contributed by atoms with E-state index in [9.17, 15) is 83.1 Å². The number of carbonyl (C=O) groups excluding carboxylic acids is 14. The molecule has 1 aliphatic rings. The molecule has 1 aromatic heterocycles. The summed E-state index contributed by atoms with van der Waals surface area (Å²) >= 11 is 0. The SMILES string of the molecule is C[C@H](N)C(=O)NCC(=O)NC1CSSC[C@@H](C(=O)O)NC(=O)C(CO)NC(=O)[C@H]([C@@H](C)O)NC(=O)[C@H](Cc2ccc(O)cc2)NC(=O)[C@H]([C@@H](C)O)NC(=O)[C@H](CCCCN)NC(=O)C(Cc2c[nH]c3ccccc23)NC(=O)[C@H](Cc2ccccc2)NC(=O)[C@H](Cc2ccccc2)NC(=O)[C@H](CC(N)=O)NC(=O)[C@H](CCCCN)NC1=O. The Morgan fingerprint density at radius 1 is 0.483 bits per heavy atom. The Kier molecular flexibility index (Phi) is 38.4. The van der Waals surface area contributed by atoms with Gasteiger partial charge in [0.05, 0.1) is 37.8 Å². The largest absolute Gasteiger partial charge is 0.508 e. The van der Waals surface area contributed by atoms with Crippen molar-refractivity contribution >= 4 is 121 Å². The standard InChI is InChI=1S/C76H104N18O20S2/c1-40(79)64(101)82-36-61(100)83-58-38-115-116-39-59(76(113)114)92-72(109)57(37-95)91-75(112)63(42(3)97)94-71(108)54(32-45-24-26-47(98)27-25-45)90-74(111)62(41(2)96)93-66(103)51(23-13-15-29-78)84-69(106)55(33-46-35-81-49-21-11-10-20-48(46)49)88-68(105)53(31-44-18-8-5-9-19-44)86-67(104)52(30-43-16-6-4-7-17-43)87-70(107)56(34-60(80)99)89-65(102)50(85-73(58)110)22-12-14-28-77/h4-11,16-21,24-27,35,40-42,50-59,62-63,81,95-98H,12-15,22-23,28-34,36-39,77-79H2,1-3H3,(H2,80,99)(H,82,101)(H,83,100)(H,84,106)(H,85,110)(H,86,104)(H,87,107)(H,88,105)(H,89,102)(H,90,111)(H,91,112)(H,92,109)(H,93,103)(H,94,108)(H,113,114)/t40-,41+,42+,50-,51-,52-,53-,54-,55?,56-,57?,58?,59-,62-,63-/m0/s1. The van der Waals surface area contributed by atoms with Crippen LogP contribution in [-0.4, -0.2) is 248 Å². The molecule has 1 fully saturated rings. The van der Waals surface area contributed by atoms with E-state index < -0.39 is 217 Å². The molecule has 1 aliphatic heterocycles. The van der Waals surface area contributed by atoms with Gasteiger partial charge in [-0.3, -0.25) is 67.1 Å². The summed E-state index contributed by atoms with van der Waals surface area (Å²) in [6.45, 7) is 1.77. The van der Waals surface area contributed by atoms with E-state index in [1.807, 2.05) is 0 Å². The molecular weight excluding hydrogens is 1550 g/mol. The highest BCUT2D eigenvalue weighted by molar-refractivity contribution is 8.76. The number of aromatic amines is 1. The highest BCUT2D eigenvalue weighted by atomic mass is 33.1. The van der Waals surface area contributed by atoms with Gasteiger partial charge in [-0.2, -0.15) is 0 Å². The first-order valence-electron chi connectivity index (χ1n) is 37.5. The monoisotopic (exact) mass is 1650 g/mol. The van der Waals surface area contributed by atoms with Crippen molar-refractivity contribution in [2.75, 3.05) is 37.7 Å². The van der Waals surface area contributed by atoms with Crippen LogP contribution >= 0.6 is 21.6 Å². The summed E-state index contributed by atoms with van der Waals surface area (Å²) in [4.78, 5) is 217. The lowest BCUT2D eigenvalue weighted by molar-refractivity contribution is -0.142. The summed E-state index contributed by atoms with van der Waals surface area (Å²) in [5.41, 5.74) is 25.4. The molecule has 0 spiro atoms. The number of aromatic hydroxyl groups is 1. The van der Waals surface area contributed by atoms with Crippen molar-refractivity contribution in [3.05, 3.63) is 138 Å². The molecule has 4 aromatic carbocycles. The average Bonchev–Trinajstić information content (AvgIpc) is 1.51. The fraction of sp³-hybridized carbons (Fsp3) is 0.461. The van der Waals surface area contributed by atoms with E-state index in [1.165, 1.54) is 31.2 Å². The number of carboxylic acid groups (broad SMARTS) is 1. The number of benzene rings is 4. The van der Waals surface area contributed by atoms with Crippen LogP contribution in [0, 0.1) is 0 Å². The maximum Gasteiger partial charge on any atom is 0.327 e. The van der Waals surface area contributed by atoms with E-state index in [0.717, 1.165) is 35.4 Å². The first-order chi connectivity index (χ1) is 55.3. The van der Waals surface area contributed by atoms with Gasteiger partial charge in [-0.15, -0.1) is 0 Å². The molecule has 14 amide bonds. The number of hydrogen-bond donors (Lipinski definition) is 23. The van der Waals surface area contributed by atoms with Gasteiger partial charge in [-0.05, 0) is 113 Å². The Balaban J connectivity index is 1.47. The van der Waals surface area contributed by atoms with Crippen molar-refractivity contribution in [2.45, 2.75) is 182 Å². The van der Waals surface area contributed by atoms with E-state index in [-0.39, 0.29) is 75.8 Å². The molecule has 1 saturated heterocycles. The number of nitrogens with one attached hydrogen (secondary N) is 14. The Bertz CT molecular complexity index is 4180. The van der Waals surface area contributed by atoms with E-state index in [4.69, 9.17) is 22.9 Å². The molecular formula is C76H104N18O20S2. The third kappa shape index (κ3) is 30.5. The summed E-state index contributed by atoms with van der Waals surface area (Å²) in [6, 6.07) is 6.37. The molecule has 5 aromatic rings. The van der Waals surface area contributed by atoms with Crippen LogP contribution in [0.1, 0.15) is 88.0 Å². The minimum absolute atomic E-state index is 0.0986. The van der Waals surface area contributed by atoms with Gasteiger partial charge in [0.1, 0.15) is 78.3 Å². The molecule has 2 heterocycles. The van der Waals surface area contributed by atoms with Crippen LogP contribution < -0.4 is 92.1 Å². The molecule has 0 aliphatic carbocycles. The number of primary amides is 1. The number of aliphatic carboxylic acids is 1. The van der Waals surface area contributed by atoms with E-state index in [2.05, 4.69) is 74.1 Å². The number of H-pyrrole nitrogens is 1. The molecule has 27 N–H and O–H groups in total. The van der Waals surface area contributed by atoms with Gasteiger partial charge in [0, 0.05) is 54.3 Å². The number of unbranched alkanes of at least 4 members (excludes halogenated alkanes) is 2. The number of fused-ring (bicyclic) bond motifs is 1. The fourth-order valence-corrected chi connectivity index (χ4v) is 14.3. The lowest BCUT2D eigenvalue weighted by atomic mass is 10.00. The number of carboxylic acids is 1. The van der Waals surface area contributed by atoms with Gasteiger partial charge in [0.2, 0.25) is 82.7 Å². The summed E-state index contributed by atoms with van der Waals surface area (Å²) in [5.74, 6) is -18.2. The minimum atomic E-state index is -2.03. The molecule has 6 rings (SSSR count). The Hall–Kier alpha value is -11.3. The molecule has 630 valence electrons. The van der Waals surface area contributed by atoms with Crippen LogP contribution in [0.4, 0.5) is 0 Å². The molecule has 40 heteroatoms. The van der Waals surface area contributed by atoms with E-state index in [1.54, 1.807) is 91.1 Å². The highest BCUT2D eigenvalue weighted by Gasteiger charge is 2.40. The van der Waals surface area contributed by atoms with Crippen molar-refractivity contribution in [3.63, 3.8) is 0 Å². The van der Waals surface area contributed by atoms with Crippen molar-refractivity contribution in [1.29, 1.82) is 0 Å². The number of aliphatic hydroxyl groups excluding tert-OH is 3. The zero-order valence-corrected chi connectivity index (χ0v) is 65.8. The smallest absolute Gasteiger partial charge is 0.327 e. The summed E-state index contributed by atoms with van der Waals surface area (Å²) in [6.07, 6.45) is -3.78. The number of para-hydroxylation sites is 1. The molecule has 0 saturated carbocycles. The molecule has 3 unspecified atom stereocenters. The molecule has 0 bridgehead atoms. The second-order valence-electron chi connectivity index (χ2n) is 27.8. The Morgan fingerprint density at radius 3 is 1.37 bits per heavy atom. The van der Waals surface area contributed by atoms with E-state index in [0.29, 0.717) is 34.0 Å². The Morgan fingerprint density at radius 2 is 0.888 bits per heavy atom. The lowest BCUT2D eigenvalue weighted by Gasteiger charge is -2.29. The maximum atomic E-state index is 15.4. The van der Waals surface area contributed by atoms with Gasteiger partial charge < -0.3 is 123 Å². The number of phenolic OH excluding ortho intramolecular Hbond substituents is 1. The number of aromatic nitrogens is 1. The lowest BCUT2D eigenvalue weighted by Crippen LogP contribution is -2.63. The second kappa shape index (κ2) is 47.6. The first kappa shape index (κ1) is 93.6. The van der Waals surface area contributed by atoms with Gasteiger partial charge in [0.25, 0.3) is 0 Å². The highest BCUT2D eigenvalue weighted by Crippen LogP contribution is 2.25. The zero-order chi connectivity index (χ0) is 85.1. The maximum absolute atomic E-state index is 15.4. The molecule has 38 nitrogen and oxygen atoms in total. The second-order valence-corrected chi connectivity index (χ2v) is 30.3. The van der Waals surface area contributed by atoms with Crippen LogP contribution in [0.25, 0.3) is 10.9 Å². The van der Waals surface area contributed by atoms with Crippen LogP contribution in [0.15, 0.2) is 115 Å². The summed E-state index contributed by atoms with van der Waals surface area (Å²) < 4.78 is 0.